The summed E-state index contributed by atoms with van der Waals surface area (Å²) >= 11 is 0. The molecule has 0 aromatic heterocycles. The molecule has 17 heavy (non-hydrogen) atoms. The monoisotopic (exact) mass is 245 g/mol. The number of rotatable bonds is 7. The van der Waals surface area contributed by atoms with Gasteiger partial charge in [0.05, 0.1) is 6.61 Å². The quantitative estimate of drug-likeness (QED) is 0.747. The van der Waals surface area contributed by atoms with Gasteiger partial charge in [0.25, 0.3) is 0 Å². The van der Waals surface area contributed by atoms with Gasteiger partial charge in [-0.25, -0.2) is 4.39 Å². The van der Waals surface area contributed by atoms with E-state index in [0.717, 1.165) is 19.3 Å². The molecule has 0 heterocycles. The second-order valence-corrected chi connectivity index (χ2v) is 5.50. The highest BCUT2D eigenvalue weighted by Crippen LogP contribution is 2.41. The number of hydrogen-bond acceptors (Lipinski definition) is 2. The molecule has 0 bridgehead atoms. The molecule has 102 valence electrons. The summed E-state index contributed by atoms with van der Waals surface area (Å²) in [5.74, 6) is 0.881. The van der Waals surface area contributed by atoms with Crippen molar-refractivity contribution in [3.63, 3.8) is 0 Å². The van der Waals surface area contributed by atoms with E-state index < -0.39 is 5.67 Å². The average Bonchev–Trinajstić information content (AvgIpc) is 2.37. The Bertz CT molecular complexity index is 212. The van der Waals surface area contributed by atoms with Crippen LogP contribution in [0, 0.1) is 11.8 Å². The second-order valence-electron chi connectivity index (χ2n) is 5.50. The Morgan fingerprint density at radius 3 is 2.76 bits per heavy atom. The highest BCUT2D eigenvalue weighted by molar-refractivity contribution is 4.90. The predicted molar refractivity (Wildman–Crippen MR) is 69.7 cm³/mol. The Morgan fingerprint density at radius 2 is 2.18 bits per heavy atom. The number of hydrogen-bond donors (Lipinski definition) is 1. The van der Waals surface area contributed by atoms with Crippen molar-refractivity contribution in [3.05, 3.63) is 0 Å². The molecule has 3 unspecified atom stereocenters. The first kappa shape index (κ1) is 14.9. The van der Waals surface area contributed by atoms with Gasteiger partial charge in [-0.3, -0.25) is 0 Å². The topological polar surface area (TPSA) is 35.2 Å². The number of nitrogens with two attached hydrogens (primary N) is 1. The van der Waals surface area contributed by atoms with E-state index in [1.165, 1.54) is 19.3 Å². The van der Waals surface area contributed by atoms with E-state index >= 15 is 0 Å². The fourth-order valence-corrected chi connectivity index (χ4v) is 3.16. The summed E-state index contributed by atoms with van der Waals surface area (Å²) < 4.78 is 20.1. The van der Waals surface area contributed by atoms with E-state index in [4.69, 9.17) is 10.5 Å². The minimum Gasteiger partial charge on any atom is -0.381 e. The van der Waals surface area contributed by atoms with E-state index in [1.54, 1.807) is 7.11 Å². The van der Waals surface area contributed by atoms with Gasteiger partial charge in [0.2, 0.25) is 0 Å². The molecule has 1 aliphatic rings. The van der Waals surface area contributed by atoms with Gasteiger partial charge in [-0.15, -0.1) is 0 Å². The summed E-state index contributed by atoms with van der Waals surface area (Å²) in [5, 5.41) is 0. The SMILES string of the molecule is CCC1CCCC(C(F)(CCCN)COC)C1. The van der Waals surface area contributed by atoms with Crippen molar-refractivity contribution < 1.29 is 9.13 Å². The zero-order valence-electron chi connectivity index (χ0n) is 11.4. The molecule has 3 heteroatoms. The predicted octanol–water partition coefficient (Wildman–Crippen LogP) is 3.30. The number of methoxy groups -OCH3 is 1. The number of ether oxygens (including phenoxy) is 1. The van der Waals surface area contributed by atoms with E-state index in [9.17, 15) is 4.39 Å². The van der Waals surface area contributed by atoms with E-state index in [2.05, 4.69) is 6.92 Å². The van der Waals surface area contributed by atoms with Crippen LogP contribution in [0.5, 0.6) is 0 Å². The lowest BCUT2D eigenvalue weighted by atomic mass is 9.71. The average molecular weight is 245 g/mol. The van der Waals surface area contributed by atoms with Crippen molar-refractivity contribution in [2.24, 2.45) is 17.6 Å². The standard InChI is InChI=1S/C14H28FNO/c1-3-12-6-4-7-13(10-12)14(15,11-17-2)8-5-9-16/h12-13H,3-11,16H2,1-2H3. The van der Waals surface area contributed by atoms with E-state index in [1.807, 2.05) is 0 Å². The van der Waals surface area contributed by atoms with Crippen LogP contribution in [0.15, 0.2) is 0 Å². The van der Waals surface area contributed by atoms with Crippen molar-refractivity contribution in [1.29, 1.82) is 0 Å². The molecule has 3 atom stereocenters. The van der Waals surface area contributed by atoms with Crippen LogP contribution in [0.1, 0.15) is 51.9 Å². The fourth-order valence-electron chi connectivity index (χ4n) is 3.16. The van der Waals surface area contributed by atoms with Crippen molar-refractivity contribution in [1.82, 2.24) is 0 Å². The van der Waals surface area contributed by atoms with Crippen LogP contribution < -0.4 is 5.73 Å². The third-order valence-corrected chi connectivity index (χ3v) is 4.27. The lowest BCUT2D eigenvalue weighted by molar-refractivity contribution is -0.0325. The van der Waals surface area contributed by atoms with Crippen molar-refractivity contribution >= 4 is 0 Å². The Hall–Kier alpha value is -0.150. The zero-order valence-corrected chi connectivity index (χ0v) is 11.4. The van der Waals surface area contributed by atoms with Crippen LogP contribution in [0.2, 0.25) is 0 Å². The first-order valence-corrected chi connectivity index (χ1v) is 7.04. The molecule has 0 aliphatic heterocycles. The smallest absolute Gasteiger partial charge is 0.137 e. The highest BCUT2D eigenvalue weighted by Gasteiger charge is 2.40. The first-order chi connectivity index (χ1) is 8.16. The van der Waals surface area contributed by atoms with Crippen molar-refractivity contribution in [3.8, 4) is 0 Å². The minimum absolute atomic E-state index is 0.174. The van der Waals surface area contributed by atoms with E-state index in [0.29, 0.717) is 18.9 Å². The Labute approximate surface area is 105 Å². The van der Waals surface area contributed by atoms with Crippen LogP contribution in [0.25, 0.3) is 0 Å². The Kier molecular flexibility index (Phi) is 6.42. The maximum Gasteiger partial charge on any atom is 0.137 e. The molecule has 0 aromatic carbocycles. The molecule has 0 aromatic rings. The van der Waals surface area contributed by atoms with Crippen LogP contribution in [0.4, 0.5) is 4.39 Å². The summed E-state index contributed by atoms with van der Waals surface area (Å²) in [7, 11) is 1.59. The molecular formula is C14H28FNO. The number of alkyl halides is 1. The van der Waals surface area contributed by atoms with Gasteiger partial charge in [-0.1, -0.05) is 26.2 Å². The second kappa shape index (κ2) is 7.32. The molecule has 2 N–H and O–H groups in total. The maximum absolute atomic E-state index is 15.0. The van der Waals surface area contributed by atoms with Crippen molar-refractivity contribution in [2.45, 2.75) is 57.5 Å². The Balaban J connectivity index is 2.61. The van der Waals surface area contributed by atoms with Gasteiger partial charge < -0.3 is 10.5 Å². The molecule has 0 radical (unpaired) electrons. The molecule has 0 saturated heterocycles. The maximum atomic E-state index is 15.0. The van der Waals surface area contributed by atoms with Gasteiger partial charge in [-0.05, 0) is 44.1 Å². The summed E-state index contributed by atoms with van der Waals surface area (Å²) in [4.78, 5) is 0. The van der Waals surface area contributed by atoms with Crippen molar-refractivity contribution in [2.75, 3.05) is 20.3 Å². The summed E-state index contributed by atoms with van der Waals surface area (Å²) in [6, 6.07) is 0. The molecular weight excluding hydrogens is 217 g/mol. The molecule has 0 amide bonds. The zero-order chi connectivity index (χ0) is 12.7. The van der Waals surface area contributed by atoms with Crippen LogP contribution in [-0.4, -0.2) is 25.9 Å². The third kappa shape index (κ3) is 4.22. The summed E-state index contributed by atoms with van der Waals surface area (Å²) in [5.41, 5.74) is 4.36. The van der Waals surface area contributed by atoms with Crippen LogP contribution in [0.3, 0.4) is 0 Å². The van der Waals surface area contributed by atoms with Gasteiger partial charge in [0.1, 0.15) is 5.67 Å². The molecule has 1 aliphatic carbocycles. The molecule has 2 nitrogen and oxygen atoms in total. The lowest BCUT2D eigenvalue weighted by Crippen LogP contribution is -2.41. The summed E-state index contributed by atoms with van der Waals surface area (Å²) in [6.07, 6.45) is 6.97. The van der Waals surface area contributed by atoms with Gasteiger partial charge in [0, 0.05) is 7.11 Å². The van der Waals surface area contributed by atoms with Gasteiger partial charge in [-0.2, -0.15) is 0 Å². The van der Waals surface area contributed by atoms with Crippen LogP contribution in [-0.2, 0) is 4.74 Å². The normalized spacial score (nSPS) is 28.9. The highest BCUT2D eigenvalue weighted by atomic mass is 19.1. The molecule has 1 fully saturated rings. The molecule has 1 saturated carbocycles. The van der Waals surface area contributed by atoms with Crippen LogP contribution >= 0.6 is 0 Å². The number of halogens is 1. The van der Waals surface area contributed by atoms with Gasteiger partial charge in [0.15, 0.2) is 0 Å². The minimum atomic E-state index is -1.15. The summed E-state index contributed by atoms with van der Waals surface area (Å²) in [6.45, 7) is 3.01. The largest absolute Gasteiger partial charge is 0.381 e. The van der Waals surface area contributed by atoms with Gasteiger partial charge >= 0.3 is 0 Å². The Morgan fingerprint density at radius 1 is 1.41 bits per heavy atom. The fraction of sp³-hybridized carbons (Fsp3) is 1.00. The van der Waals surface area contributed by atoms with E-state index in [-0.39, 0.29) is 12.5 Å². The molecule has 1 rings (SSSR count). The first-order valence-electron chi connectivity index (χ1n) is 7.04. The third-order valence-electron chi connectivity index (χ3n) is 4.27. The lowest BCUT2D eigenvalue weighted by Gasteiger charge is -2.38. The molecule has 0 spiro atoms.